The lowest BCUT2D eigenvalue weighted by molar-refractivity contribution is -0.145. The summed E-state index contributed by atoms with van der Waals surface area (Å²) in [4.78, 5) is 43.7. The monoisotopic (exact) mass is 581 g/mol. The van der Waals surface area contributed by atoms with Crippen molar-refractivity contribution in [2.24, 2.45) is 11.7 Å². The molecule has 3 rings (SSSR count). The van der Waals surface area contributed by atoms with Crippen molar-refractivity contribution in [2.75, 3.05) is 24.2 Å². The van der Waals surface area contributed by atoms with Crippen LogP contribution >= 0.6 is 11.8 Å². The summed E-state index contributed by atoms with van der Waals surface area (Å²) in [6.07, 6.45) is 1.22. The number of esters is 1. The zero-order chi connectivity index (χ0) is 29.4. The van der Waals surface area contributed by atoms with Crippen LogP contribution in [0.25, 0.3) is 0 Å². The molecule has 4 N–H and O–H groups in total. The zero-order valence-electron chi connectivity index (χ0n) is 22.6. The van der Waals surface area contributed by atoms with E-state index in [9.17, 15) is 27.6 Å². The normalized spacial score (nSPS) is 16.5. The third kappa shape index (κ3) is 8.34. The second kappa shape index (κ2) is 14.4. The molecule has 1 saturated heterocycles. The number of carbonyl (C=O) groups is 3. The van der Waals surface area contributed by atoms with Crippen LogP contribution in [0.3, 0.4) is 0 Å². The molecule has 2 heterocycles. The SMILES string of the molecule is CCOC(=O)C(Nc1ccc(CNC(=O)[C@@H]2SCCN2C(=O)CC(N)Cc2cc(F)c(F)cc2F)cn1)C(C)C. The number of anilines is 1. The summed E-state index contributed by atoms with van der Waals surface area (Å²) < 4.78 is 45.7. The summed E-state index contributed by atoms with van der Waals surface area (Å²) in [6.45, 7) is 6.33. The first kappa shape index (κ1) is 31.2. The maximum Gasteiger partial charge on any atom is 0.328 e. The smallest absolute Gasteiger partial charge is 0.328 e. The average Bonchev–Trinajstić information content (AvgIpc) is 3.40. The quantitative estimate of drug-likeness (QED) is 0.258. The van der Waals surface area contributed by atoms with Gasteiger partial charge < -0.3 is 26.0 Å². The fourth-order valence-corrected chi connectivity index (χ4v) is 5.30. The third-order valence-corrected chi connectivity index (χ3v) is 7.45. The minimum absolute atomic E-state index is 0.0176. The first-order valence-corrected chi connectivity index (χ1v) is 14.0. The summed E-state index contributed by atoms with van der Waals surface area (Å²) in [5.41, 5.74) is 6.59. The number of carbonyl (C=O) groups excluding carboxylic acids is 3. The number of hydrogen-bond donors (Lipinski definition) is 3. The van der Waals surface area contributed by atoms with Crippen LogP contribution in [0.1, 0.15) is 38.3 Å². The number of amides is 2. The highest BCUT2D eigenvalue weighted by Gasteiger charge is 2.35. The van der Waals surface area contributed by atoms with Gasteiger partial charge >= 0.3 is 5.97 Å². The second-order valence-electron chi connectivity index (χ2n) is 9.72. The highest BCUT2D eigenvalue weighted by molar-refractivity contribution is 8.00. The lowest BCUT2D eigenvalue weighted by Gasteiger charge is -2.24. The molecular formula is C27H34F3N5O4S. The molecule has 1 aromatic carbocycles. The number of ether oxygens (including phenoxy) is 1. The summed E-state index contributed by atoms with van der Waals surface area (Å²) in [7, 11) is 0. The van der Waals surface area contributed by atoms with Gasteiger partial charge in [0.15, 0.2) is 17.0 Å². The zero-order valence-corrected chi connectivity index (χ0v) is 23.4. The Kier molecular flexibility index (Phi) is 11.2. The van der Waals surface area contributed by atoms with Crippen LogP contribution in [0.4, 0.5) is 19.0 Å². The van der Waals surface area contributed by atoms with Gasteiger partial charge in [-0.15, -0.1) is 11.8 Å². The summed E-state index contributed by atoms with van der Waals surface area (Å²) in [5, 5.41) is 5.12. The van der Waals surface area contributed by atoms with Gasteiger partial charge in [-0.25, -0.2) is 22.9 Å². The van der Waals surface area contributed by atoms with Crippen molar-refractivity contribution in [3.8, 4) is 0 Å². The Balaban J connectivity index is 1.52. The number of nitrogens with one attached hydrogen (secondary N) is 2. The van der Waals surface area contributed by atoms with Crippen molar-refractivity contribution in [3.05, 3.63) is 59.0 Å². The highest BCUT2D eigenvalue weighted by atomic mass is 32.2. The molecule has 13 heteroatoms. The predicted molar refractivity (Wildman–Crippen MR) is 146 cm³/mol. The molecule has 1 fully saturated rings. The summed E-state index contributed by atoms with van der Waals surface area (Å²) in [6, 6.07) is 3.25. The molecule has 9 nitrogen and oxygen atoms in total. The molecule has 218 valence electrons. The number of nitrogens with two attached hydrogens (primary N) is 1. The van der Waals surface area contributed by atoms with E-state index < -0.39 is 34.9 Å². The Morgan fingerprint density at radius 2 is 1.90 bits per heavy atom. The number of aromatic nitrogens is 1. The largest absolute Gasteiger partial charge is 0.464 e. The first-order chi connectivity index (χ1) is 19.0. The van der Waals surface area contributed by atoms with E-state index in [1.54, 1.807) is 25.3 Å². The van der Waals surface area contributed by atoms with E-state index in [0.29, 0.717) is 29.7 Å². The molecular weight excluding hydrogens is 547 g/mol. The summed E-state index contributed by atoms with van der Waals surface area (Å²) >= 11 is 1.31. The Labute approximate surface area is 235 Å². The molecule has 1 aromatic heterocycles. The third-order valence-electron chi connectivity index (χ3n) is 6.25. The fraction of sp³-hybridized carbons (Fsp3) is 0.481. The molecule has 3 atom stereocenters. The maximum absolute atomic E-state index is 14.0. The average molecular weight is 582 g/mol. The number of pyridine rings is 1. The topological polar surface area (TPSA) is 127 Å². The van der Waals surface area contributed by atoms with Gasteiger partial charge in [0.05, 0.1) is 6.61 Å². The molecule has 1 aliphatic rings. The number of halogens is 3. The highest BCUT2D eigenvalue weighted by Crippen LogP contribution is 2.25. The summed E-state index contributed by atoms with van der Waals surface area (Å²) in [5.74, 6) is -3.52. The molecule has 40 heavy (non-hydrogen) atoms. The molecule has 2 amide bonds. The van der Waals surface area contributed by atoms with Crippen LogP contribution in [0.15, 0.2) is 30.5 Å². The van der Waals surface area contributed by atoms with Gasteiger partial charge in [-0.3, -0.25) is 9.59 Å². The van der Waals surface area contributed by atoms with E-state index in [1.807, 2.05) is 13.8 Å². The van der Waals surface area contributed by atoms with E-state index in [4.69, 9.17) is 10.5 Å². The van der Waals surface area contributed by atoms with Crippen molar-refractivity contribution in [2.45, 2.75) is 57.6 Å². The Hall–Kier alpha value is -3.32. The lowest BCUT2D eigenvalue weighted by Crippen LogP contribution is -2.46. The van der Waals surface area contributed by atoms with Crippen LogP contribution in [0.5, 0.6) is 0 Å². The van der Waals surface area contributed by atoms with Gasteiger partial charge in [0, 0.05) is 43.6 Å². The van der Waals surface area contributed by atoms with E-state index >= 15 is 0 Å². The van der Waals surface area contributed by atoms with Gasteiger partial charge in [-0.2, -0.15) is 0 Å². The molecule has 2 aromatic rings. The number of nitrogens with zero attached hydrogens (tertiary/aromatic N) is 2. The van der Waals surface area contributed by atoms with Crippen molar-refractivity contribution in [3.63, 3.8) is 0 Å². The first-order valence-electron chi connectivity index (χ1n) is 13.0. The predicted octanol–water partition coefficient (Wildman–Crippen LogP) is 2.98. The van der Waals surface area contributed by atoms with E-state index in [2.05, 4.69) is 15.6 Å². The van der Waals surface area contributed by atoms with Crippen LogP contribution in [-0.2, 0) is 32.1 Å². The lowest BCUT2D eigenvalue weighted by atomic mass is 10.0. The van der Waals surface area contributed by atoms with Crippen LogP contribution in [-0.4, -0.2) is 64.0 Å². The van der Waals surface area contributed by atoms with Crippen LogP contribution in [0, 0.1) is 23.4 Å². The molecule has 2 unspecified atom stereocenters. The van der Waals surface area contributed by atoms with E-state index in [1.165, 1.54) is 16.7 Å². The molecule has 0 bridgehead atoms. The fourth-order valence-electron chi connectivity index (χ4n) is 4.14. The van der Waals surface area contributed by atoms with E-state index in [-0.39, 0.29) is 55.3 Å². The minimum atomic E-state index is -1.30. The molecule has 0 spiro atoms. The molecule has 0 radical (unpaired) electrons. The molecule has 0 saturated carbocycles. The van der Waals surface area contributed by atoms with Crippen LogP contribution in [0.2, 0.25) is 0 Å². The van der Waals surface area contributed by atoms with Gasteiger partial charge in [-0.1, -0.05) is 19.9 Å². The Morgan fingerprint density at radius 1 is 1.18 bits per heavy atom. The minimum Gasteiger partial charge on any atom is -0.464 e. The second-order valence-corrected chi connectivity index (χ2v) is 10.9. The van der Waals surface area contributed by atoms with Crippen molar-refractivity contribution >= 4 is 35.4 Å². The molecule has 0 aliphatic carbocycles. The van der Waals surface area contributed by atoms with Crippen molar-refractivity contribution in [1.82, 2.24) is 15.2 Å². The standard InChI is InChI=1S/C27H34F3N5O4S/c1-4-39-27(38)24(15(2)3)34-22-6-5-16(13-32-22)14-33-25(37)26-35(7-8-40-26)23(36)11-18(31)9-17-10-20(29)21(30)12-19(17)28/h5-6,10,12-13,15,18,24,26H,4,7-9,11,14,31H2,1-3H3,(H,32,34)(H,33,37)/t18?,24?,26-/m0/s1. The van der Waals surface area contributed by atoms with Crippen molar-refractivity contribution < 1.29 is 32.3 Å². The Morgan fingerprint density at radius 3 is 2.55 bits per heavy atom. The maximum atomic E-state index is 14.0. The van der Waals surface area contributed by atoms with Gasteiger partial charge in [-0.05, 0) is 42.5 Å². The van der Waals surface area contributed by atoms with Gasteiger partial charge in [0.1, 0.15) is 17.7 Å². The van der Waals surface area contributed by atoms with Gasteiger partial charge in [0.2, 0.25) is 5.91 Å². The van der Waals surface area contributed by atoms with Crippen molar-refractivity contribution in [1.29, 1.82) is 0 Å². The number of thioether (sulfide) groups is 1. The molecule has 1 aliphatic heterocycles. The number of rotatable bonds is 12. The number of hydrogen-bond acceptors (Lipinski definition) is 8. The van der Waals surface area contributed by atoms with E-state index in [0.717, 1.165) is 6.07 Å². The van der Waals surface area contributed by atoms with Gasteiger partial charge in [0.25, 0.3) is 5.91 Å². The number of benzene rings is 1. The Bertz CT molecular complexity index is 1200. The van der Waals surface area contributed by atoms with Crippen LogP contribution < -0.4 is 16.4 Å².